The number of nitrogens with zero attached hydrogens (tertiary/aromatic N) is 4. The van der Waals surface area contributed by atoms with E-state index in [9.17, 15) is 0 Å². The van der Waals surface area contributed by atoms with Crippen molar-refractivity contribution in [1.82, 2.24) is 20.0 Å². The number of ether oxygens (including phenoxy) is 4. The lowest BCUT2D eigenvalue weighted by atomic mass is 10.1. The summed E-state index contributed by atoms with van der Waals surface area (Å²) in [5, 5.41) is 3.45. The van der Waals surface area contributed by atoms with Gasteiger partial charge in [-0.2, -0.15) is 0 Å². The topological polar surface area (TPSA) is 71.0 Å². The maximum atomic E-state index is 5.87. The number of hydrogen-bond donors (Lipinski definition) is 1. The Balaban J connectivity index is 1.57. The minimum Gasteiger partial charge on any atom is -0.493 e. The summed E-state index contributed by atoms with van der Waals surface area (Å²) in [6.45, 7) is 11.0. The summed E-state index contributed by atoms with van der Waals surface area (Å²) < 4.78 is 22.3. The Morgan fingerprint density at radius 3 is 2.31 bits per heavy atom. The second kappa shape index (κ2) is 12.1. The van der Waals surface area contributed by atoms with Crippen LogP contribution < -0.4 is 19.5 Å². The molecule has 3 rings (SSSR count). The zero-order chi connectivity index (χ0) is 22.9. The van der Waals surface area contributed by atoms with Crippen molar-refractivity contribution in [2.75, 3.05) is 87.3 Å². The standard InChI is InChI=1S/C23H39N5O4/c1-6-24-23(25-15-19-17-26(2)11-12-32-19)28-9-7-27(8-10-28)16-18-13-20(29-3)22(31-5)21(14-18)30-4/h13-14,19H,6-12,15-17H2,1-5H3,(H,24,25). The Morgan fingerprint density at radius 1 is 1.06 bits per heavy atom. The smallest absolute Gasteiger partial charge is 0.203 e. The molecule has 0 radical (unpaired) electrons. The van der Waals surface area contributed by atoms with Gasteiger partial charge in [-0.05, 0) is 31.7 Å². The maximum absolute atomic E-state index is 5.87. The van der Waals surface area contributed by atoms with Crippen LogP contribution in [0.3, 0.4) is 0 Å². The predicted molar refractivity (Wildman–Crippen MR) is 126 cm³/mol. The molecule has 2 aliphatic rings. The molecular weight excluding hydrogens is 410 g/mol. The lowest BCUT2D eigenvalue weighted by Gasteiger charge is -2.37. The van der Waals surface area contributed by atoms with Gasteiger partial charge in [0, 0.05) is 52.4 Å². The first-order chi connectivity index (χ1) is 15.6. The molecule has 0 amide bonds. The number of aliphatic imine (C=N–C) groups is 1. The Labute approximate surface area is 192 Å². The zero-order valence-corrected chi connectivity index (χ0v) is 20.2. The first-order valence-electron chi connectivity index (χ1n) is 11.4. The summed E-state index contributed by atoms with van der Waals surface area (Å²) >= 11 is 0. The summed E-state index contributed by atoms with van der Waals surface area (Å²) in [7, 11) is 7.06. The quantitative estimate of drug-likeness (QED) is 0.468. The van der Waals surface area contributed by atoms with Crippen LogP contribution in [-0.2, 0) is 11.3 Å². The lowest BCUT2D eigenvalue weighted by Crippen LogP contribution is -2.52. The van der Waals surface area contributed by atoms with E-state index < -0.39 is 0 Å². The van der Waals surface area contributed by atoms with Gasteiger partial charge in [-0.25, -0.2) is 0 Å². The van der Waals surface area contributed by atoms with Crippen molar-refractivity contribution in [2.45, 2.75) is 19.6 Å². The normalized spacial score (nSPS) is 20.8. The molecule has 2 heterocycles. The Kier molecular flexibility index (Phi) is 9.25. The highest BCUT2D eigenvalue weighted by molar-refractivity contribution is 5.80. The zero-order valence-electron chi connectivity index (χ0n) is 20.2. The SMILES string of the molecule is CCNC(=NCC1CN(C)CCO1)N1CCN(Cc2cc(OC)c(OC)c(OC)c2)CC1. The summed E-state index contributed by atoms with van der Waals surface area (Å²) in [6.07, 6.45) is 0.170. The van der Waals surface area contributed by atoms with Crippen molar-refractivity contribution in [3.8, 4) is 17.2 Å². The number of piperazine rings is 1. The fourth-order valence-electron chi connectivity index (χ4n) is 4.19. The molecule has 0 spiro atoms. The molecule has 2 fully saturated rings. The van der Waals surface area contributed by atoms with Crippen molar-refractivity contribution in [1.29, 1.82) is 0 Å². The summed E-state index contributed by atoms with van der Waals surface area (Å²) in [5.74, 6) is 3.00. The van der Waals surface area contributed by atoms with Gasteiger partial charge in [0.25, 0.3) is 0 Å². The third-order valence-electron chi connectivity index (χ3n) is 5.92. The number of methoxy groups -OCH3 is 3. The molecule has 0 aromatic heterocycles. The number of benzene rings is 1. The van der Waals surface area contributed by atoms with Crippen molar-refractivity contribution in [3.05, 3.63) is 17.7 Å². The van der Waals surface area contributed by atoms with E-state index in [-0.39, 0.29) is 6.10 Å². The van der Waals surface area contributed by atoms with Crippen molar-refractivity contribution < 1.29 is 18.9 Å². The van der Waals surface area contributed by atoms with Gasteiger partial charge in [-0.1, -0.05) is 0 Å². The lowest BCUT2D eigenvalue weighted by molar-refractivity contribution is -0.0137. The Bertz CT molecular complexity index is 727. The van der Waals surface area contributed by atoms with Gasteiger partial charge in [0.15, 0.2) is 17.5 Å². The van der Waals surface area contributed by atoms with Gasteiger partial charge in [0.1, 0.15) is 0 Å². The molecule has 9 heteroatoms. The maximum Gasteiger partial charge on any atom is 0.203 e. The highest BCUT2D eigenvalue weighted by Gasteiger charge is 2.22. The molecule has 32 heavy (non-hydrogen) atoms. The fourth-order valence-corrected chi connectivity index (χ4v) is 4.19. The van der Waals surface area contributed by atoms with Gasteiger partial charge in [0.2, 0.25) is 5.75 Å². The molecule has 0 aliphatic carbocycles. The largest absolute Gasteiger partial charge is 0.493 e. The van der Waals surface area contributed by atoms with Crippen molar-refractivity contribution in [2.24, 2.45) is 4.99 Å². The summed E-state index contributed by atoms with van der Waals surface area (Å²) in [6, 6.07) is 4.06. The van der Waals surface area contributed by atoms with Crippen LogP contribution in [0.25, 0.3) is 0 Å². The third kappa shape index (κ3) is 6.40. The predicted octanol–water partition coefficient (Wildman–Crippen LogP) is 1.13. The molecular formula is C23H39N5O4. The number of morpholine rings is 1. The van der Waals surface area contributed by atoms with E-state index in [0.717, 1.165) is 70.5 Å². The average molecular weight is 450 g/mol. The van der Waals surface area contributed by atoms with Gasteiger partial charge in [0.05, 0.1) is 40.6 Å². The van der Waals surface area contributed by atoms with Gasteiger partial charge in [-0.3, -0.25) is 9.89 Å². The highest BCUT2D eigenvalue weighted by Crippen LogP contribution is 2.38. The Morgan fingerprint density at radius 2 is 1.75 bits per heavy atom. The van der Waals surface area contributed by atoms with Crippen LogP contribution in [0.1, 0.15) is 12.5 Å². The van der Waals surface area contributed by atoms with E-state index in [1.54, 1.807) is 21.3 Å². The molecule has 2 aliphatic heterocycles. The van der Waals surface area contributed by atoms with E-state index in [0.29, 0.717) is 23.8 Å². The van der Waals surface area contributed by atoms with E-state index in [4.69, 9.17) is 23.9 Å². The van der Waals surface area contributed by atoms with Gasteiger partial charge in [-0.15, -0.1) is 0 Å². The molecule has 1 N–H and O–H groups in total. The number of guanidine groups is 1. The van der Waals surface area contributed by atoms with Crippen LogP contribution in [0.4, 0.5) is 0 Å². The minimum atomic E-state index is 0.170. The van der Waals surface area contributed by atoms with Crippen LogP contribution in [0, 0.1) is 0 Å². The Hall–Kier alpha value is -2.23. The molecule has 1 unspecified atom stereocenters. The van der Waals surface area contributed by atoms with E-state index in [2.05, 4.69) is 34.0 Å². The van der Waals surface area contributed by atoms with Gasteiger partial charge >= 0.3 is 0 Å². The van der Waals surface area contributed by atoms with Crippen molar-refractivity contribution >= 4 is 5.96 Å². The first kappa shape index (κ1) is 24.4. The van der Waals surface area contributed by atoms with E-state index >= 15 is 0 Å². The summed E-state index contributed by atoms with van der Waals surface area (Å²) in [4.78, 5) is 12.0. The second-order valence-electron chi connectivity index (χ2n) is 8.25. The monoisotopic (exact) mass is 449 g/mol. The van der Waals surface area contributed by atoms with Gasteiger partial charge < -0.3 is 34.1 Å². The second-order valence-corrected chi connectivity index (χ2v) is 8.25. The third-order valence-corrected chi connectivity index (χ3v) is 5.92. The number of hydrogen-bond acceptors (Lipinski definition) is 7. The van der Waals surface area contributed by atoms with Crippen LogP contribution in [0.15, 0.2) is 17.1 Å². The first-order valence-corrected chi connectivity index (χ1v) is 11.4. The molecule has 180 valence electrons. The van der Waals surface area contributed by atoms with Crippen LogP contribution in [0.5, 0.6) is 17.2 Å². The molecule has 0 saturated carbocycles. The molecule has 2 saturated heterocycles. The minimum absolute atomic E-state index is 0.170. The van der Waals surface area contributed by atoms with Crippen LogP contribution in [0.2, 0.25) is 0 Å². The molecule has 1 aromatic carbocycles. The van der Waals surface area contributed by atoms with E-state index in [1.165, 1.54) is 0 Å². The number of rotatable bonds is 8. The summed E-state index contributed by atoms with van der Waals surface area (Å²) in [5.41, 5.74) is 1.15. The van der Waals surface area contributed by atoms with Crippen LogP contribution in [-0.4, -0.2) is 114 Å². The van der Waals surface area contributed by atoms with Crippen molar-refractivity contribution in [3.63, 3.8) is 0 Å². The number of likely N-dealkylation sites (N-methyl/N-ethyl adjacent to an activating group) is 1. The molecule has 1 aromatic rings. The molecule has 9 nitrogen and oxygen atoms in total. The fraction of sp³-hybridized carbons (Fsp3) is 0.696. The molecule has 1 atom stereocenters. The average Bonchev–Trinajstić information content (AvgIpc) is 2.81. The number of nitrogens with one attached hydrogen (secondary N) is 1. The molecule has 0 bridgehead atoms. The van der Waals surface area contributed by atoms with E-state index in [1.807, 2.05) is 12.1 Å². The highest BCUT2D eigenvalue weighted by atomic mass is 16.5. The van der Waals surface area contributed by atoms with Crippen LogP contribution >= 0.6 is 0 Å².